The maximum absolute atomic E-state index is 11.4. The third kappa shape index (κ3) is 3.72. The molecule has 2 aromatic rings. The summed E-state index contributed by atoms with van der Waals surface area (Å²) in [6.07, 6.45) is 1.47. The second-order valence-electron chi connectivity index (χ2n) is 4.10. The molecule has 0 fully saturated rings. The highest BCUT2D eigenvalue weighted by Gasteiger charge is 2.15. The molecule has 21 heavy (non-hydrogen) atoms. The number of amides is 1. The van der Waals surface area contributed by atoms with E-state index in [1.54, 1.807) is 19.2 Å². The van der Waals surface area contributed by atoms with Crippen molar-refractivity contribution in [1.82, 2.24) is 9.78 Å². The zero-order chi connectivity index (χ0) is 15.6. The fraction of sp³-hybridized carbons (Fsp3) is 0.0833. The Balaban J connectivity index is 2.14. The summed E-state index contributed by atoms with van der Waals surface area (Å²) >= 11 is 14.6. The summed E-state index contributed by atoms with van der Waals surface area (Å²) in [6.45, 7) is 0. The van der Waals surface area contributed by atoms with E-state index < -0.39 is 5.91 Å². The molecule has 110 valence electrons. The summed E-state index contributed by atoms with van der Waals surface area (Å²) < 4.78 is 2.24. The number of aryl methyl sites for hydroxylation is 1. The lowest BCUT2D eigenvalue weighted by atomic mass is 10.3. The van der Waals surface area contributed by atoms with Crippen molar-refractivity contribution in [3.05, 3.63) is 39.6 Å². The van der Waals surface area contributed by atoms with E-state index in [2.05, 4.69) is 31.7 Å². The first-order chi connectivity index (χ1) is 9.88. The van der Waals surface area contributed by atoms with Crippen molar-refractivity contribution >= 4 is 62.1 Å². The van der Waals surface area contributed by atoms with Crippen LogP contribution < -0.4 is 16.4 Å². The Bertz CT molecular complexity index is 718. The van der Waals surface area contributed by atoms with Gasteiger partial charge in [0, 0.05) is 11.5 Å². The molecule has 0 aliphatic rings. The number of anilines is 2. The van der Waals surface area contributed by atoms with E-state index in [1.165, 1.54) is 10.9 Å². The smallest absolute Gasteiger partial charge is 0.269 e. The highest BCUT2D eigenvalue weighted by atomic mass is 79.9. The van der Waals surface area contributed by atoms with Crippen LogP contribution in [0.4, 0.5) is 11.4 Å². The predicted molar refractivity (Wildman–Crippen MR) is 90.7 cm³/mol. The highest BCUT2D eigenvalue weighted by molar-refractivity contribution is 9.10. The number of aromatic nitrogens is 2. The van der Waals surface area contributed by atoms with Gasteiger partial charge in [0.25, 0.3) is 5.91 Å². The van der Waals surface area contributed by atoms with E-state index >= 15 is 0 Å². The molecular weight excluding hydrogens is 378 g/mol. The van der Waals surface area contributed by atoms with Crippen LogP contribution in [0.25, 0.3) is 0 Å². The standard InChI is InChI=1S/C12H11BrClN5OS/c1-19-10(11(15)20)9(5-16-19)18-12(21)17-8-3-2-6(13)4-7(8)14/h2-5H,1H3,(H2,15,20)(H2,17,18,21). The fourth-order valence-corrected chi connectivity index (χ4v) is 2.63. The topological polar surface area (TPSA) is 85.0 Å². The van der Waals surface area contributed by atoms with Crippen LogP contribution >= 0.6 is 39.7 Å². The normalized spacial score (nSPS) is 10.2. The molecule has 1 aromatic carbocycles. The Morgan fingerprint density at radius 1 is 1.43 bits per heavy atom. The number of nitrogens with zero attached hydrogens (tertiary/aromatic N) is 2. The molecule has 0 unspecified atom stereocenters. The Labute approximate surface area is 139 Å². The van der Waals surface area contributed by atoms with Gasteiger partial charge in [-0.1, -0.05) is 27.5 Å². The van der Waals surface area contributed by atoms with Crippen LogP contribution in [0.5, 0.6) is 0 Å². The van der Waals surface area contributed by atoms with E-state index in [4.69, 9.17) is 29.6 Å². The van der Waals surface area contributed by atoms with Crippen molar-refractivity contribution in [3.63, 3.8) is 0 Å². The molecule has 0 spiro atoms. The van der Waals surface area contributed by atoms with Crippen molar-refractivity contribution in [2.45, 2.75) is 0 Å². The van der Waals surface area contributed by atoms with Crippen molar-refractivity contribution in [2.75, 3.05) is 10.6 Å². The van der Waals surface area contributed by atoms with Crippen LogP contribution in [0, 0.1) is 0 Å². The van der Waals surface area contributed by atoms with Gasteiger partial charge in [-0.25, -0.2) is 0 Å². The number of thiocarbonyl (C=S) groups is 1. The average molecular weight is 389 g/mol. The van der Waals surface area contributed by atoms with Crippen LogP contribution in [0.2, 0.25) is 5.02 Å². The number of rotatable bonds is 3. The first-order valence-electron chi connectivity index (χ1n) is 5.73. The quantitative estimate of drug-likeness (QED) is 0.704. The number of hydrogen-bond donors (Lipinski definition) is 3. The van der Waals surface area contributed by atoms with Gasteiger partial charge in [0.15, 0.2) is 5.11 Å². The molecule has 4 N–H and O–H groups in total. The van der Waals surface area contributed by atoms with Gasteiger partial charge in [0.1, 0.15) is 5.69 Å². The minimum absolute atomic E-state index is 0.237. The number of nitrogens with one attached hydrogen (secondary N) is 2. The highest BCUT2D eigenvalue weighted by Crippen LogP contribution is 2.26. The molecule has 2 rings (SSSR count). The molecular formula is C12H11BrClN5OS. The lowest BCUT2D eigenvalue weighted by Gasteiger charge is -2.11. The number of benzene rings is 1. The molecule has 0 bridgehead atoms. The van der Waals surface area contributed by atoms with Crippen LogP contribution in [0.15, 0.2) is 28.9 Å². The van der Waals surface area contributed by atoms with Crippen molar-refractivity contribution in [3.8, 4) is 0 Å². The number of primary amides is 1. The maximum atomic E-state index is 11.4. The van der Waals surface area contributed by atoms with E-state index in [-0.39, 0.29) is 10.8 Å². The Morgan fingerprint density at radius 2 is 2.10 bits per heavy atom. The summed E-state index contributed by atoms with van der Waals surface area (Å²) in [5, 5.41) is 10.6. The fourth-order valence-electron chi connectivity index (χ4n) is 1.69. The van der Waals surface area contributed by atoms with Crippen molar-refractivity contribution in [1.29, 1.82) is 0 Å². The van der Waals surface area contributed by atoms with E-state index in [0.717, 1.165) is 4.47 Å². The molecule has 0 saturated heterocycles. The SMILES string of the molecule is Cn1ncc(NC(=S)Nc2ccc(Br)cc2Cl)c1C(N)=O. The summed E-state index contributed by atoms with van der Waals surface area (Å²) in [5.74, 6) is -0.595. The van der Waals surface area contributed by atoms with Gasteiger partial charge in [0.05, 0.1) is 22.6 Å². The molecule has 0 saturated carbocycles. The van der Waals surface area contributed by atoms with Crippen LogP contribution in [0.3, 0.4) is 0 Å². The van der Waals surface area contributed by atoms with Crippen LogP contribution in [-0.2, 0) is 7.05 Å². The third-order valence-electron chi connectivity index (χ3n) is 2.60. The number of carbonyl (C=O) groups excluding carboxylic acids is 1. The van der Waals surface area contributed by atoms with Gasteiger partial charge in [-0.2, -0.15) is 5.10 Å². The number of nitrogens with two attached hydrogens (primary N) is 1. The lowest BCUT2D eigenvalue weighted by Crippen LogP contribution is -2.23. The third-order valence-corrected chi connectivity index (χ3v) is 3.61. The van der Waals surface area contributed by atoms with Gasteiger partial charge in [-0.15, -0.1) is 0 Å². The first kappa shape index (κ1) is 15.7. The zero-order valence-electron chi connectivity index (χ0n) is 10.9. The molecule has 0 radical (unpaired) electrons. The second-order valence-corrected chi connectivity index (χ2v) is 5.83. The van der Waals surface area contributed by atoms with Gasteiger partial charge in [-0.05, 0) is 30.4 Å². The lowest BCUT2D eigenvalue weighted by molar-refractivity contribution is 0.0992. The average Bonchev–Trinajstić information content (AvgIpc) is 2.74. The summed E-state index contributed by atoms with van der Waals surface area (Å²) in [6, 6.07) is 5.35. The minimum Gasteiger partial charge on any atom is -0.364 e. The molecule has 1 heterocycles. The monoisotopic (exact) mass is 387 g/mol. The van der Waals surface area contributed by atoms with Gasteiger partial charge < -0.3 is 16.4 Å². The molecule has 1 amide bonds. The molecule has 6 nitrogen and oxygen atoms in total. The van der Waals surface area contributed by atoms with Crippen molar-refractivity contribution in [2.24, 2.45) is 12.8 Å². The Morgan fingerprint density at radius 3 is 2.71 bits per heavy atom. The van der Waals surface area contributed by atoms with Crippen LogP contribution in [0.1, 0.15) is 10.5 Å². The van der Waals surface area contributed by atoms with E-state index in [1.807, 2.05) is 6.07 Å². The van der Waals surface area contributed by atoms with E-state index in [9.17, 15) is 4.79 Å². The first-order valence-corrected chi connectivity index (χ1v) is 7.31. The van der Waals surface area contributed by atoms with Gasteiger partial charge in [-0.3, -0.25) is 9.48 Å². The summed E-state index contributed by atoms with van der Waals surface area (Å²) in [5.41, 5.74) is 6.60. The second kappa shape index (κ2) is 6.42. The Kier molecular flexibility index (Phi) is 4.81. The van der Waals surface area contributed by atoms with Crippen molar-refractivity contribution < 1.29 is 4.79 Å². The summed E-state index contributed by atoms with van der Waals surface area (Å²) in [4.78, 5) is 11.4. The molecule has 9 heteroatoms. The van der Waals surface area contributed by atoms with Gasteiger partial charge in [0.2, 0.25) is 0 Å². The van der Waals surface area contributed by atoms with E-state index in [0.29, 0.717) is 16.4 Å². The number of halogens is 2. The summed E-state index contributed by atoms with van der Waals surface area (Å²) in [7, 11) is 1.62. The number of carbonyl (C=O) groups is 1. The largest absolute Gasteiger partial charge is 0.364 e. The number of hydrogen-bond acceptors (Lipinski definition) is 3. The molecule has 0 atom stereocenters. The molecule has 0 aliphatic carbocycles. The van der Waals surface area contributed by atoms with Gasteiger partial charge >= 0.3 is 0 Å². The maximum Gasteiger partial charge on any atom is 0.269 e. The molecule has 0 aliphatic heterocycles. The molecule has 1 aromatic heterocycles. The predicted octanol–water partition coefficient (Wildman–Crippen LogP) is 2.74. The Hall–Kier alpha value is -1.64. The minimum atomic E-state index is -0.595. The zero-order valence-corrected chi connectivity index (χ0v) is 14.0. The van der Waals surface area contributed by atoms with Crippen LogP contribution in [-0.4, -0.2) is 20.8 Å².